The van der Waals surface area contributed by atoms with Crippen molar-refractivity contribution < 1.29 is 4.74 Å². The zero-order valence-corrected chi connectivity index (χ0v) is 19.0. The summed E-state index contributed by atoms with van der Waals surface area (Å²) in [5.41, 5.74) is 5.36. The second kappa shape index (κ2) is 9.25. The predicted octanol–water partition coefficient (Wildman–Crippen LogP) is 6.94. The van der Waals surface area contributed by atoms with Crippen molar-refractivity contribution in [3.8, 4) is 16.2 Å². The average molecular weight is 428 g/mol. The number of benzene rings is 3. The van der Waals surface area contributed by atoms with E-state index >= 15 is 0 Å². The Morgan fingerprint density at radius 3 is 2.39 bits per heavy atom. The molecule has 1 aliphatic heterocycles. The number of hydrogen-bond donors (Lipinski definition) is 0. The highest BCUT2D eigenvalue weighted by Crippen LogP contribution is 2.40. The Kier molecular flexibility index (Phi) is 6.06. The van der Waals surface area contributed by atoms with Crippen molar-refractivity contribution in [2.45, 2.75) is 26.2 Å². The van der Waals surface area contributed by atoms with Crippen LogP contribution in [0.3, 0.4) is 0 Å². The van der Waals surface area contributed by atoms with Gasteiger partial charge in [0.15, 0.2) is 0 Å². The summed E-state index contributed by atoms with van der Waals surface area (Å²) in [7, 11) is 0. The molecule has 0 unspecified atom stereocenters. The Morgan fingerprint density at radius 1 is 0.871 bits per heavy atom. The van der Waals surface area contributed by atoms with E-state index < -0.39 is 0 Å². The minimum Gasteiger partial charge on any atom is -0.492 e. The third-order valence-corrected chi connectivity index (χ3v) is 7.45. The Hall–Kier alpha value is -2.62. The zero-order chi connectivity index (χ0) is 21.0. The van der Waals surface area contributed by atoms with Gasteiger partial charge in [-0.3, -0.25) is 4.90 Å². The molecular formula is C28H29NOS. The molecule has 0 radical (unpaired) electrons. The van der Waals surface area contributed by atoms with Crippen LogP contribution in [0.4, 0.5) is 0 Å². The maximum absolute atomic E-state index is 6.02. The topological polar surface area (TPSA) is 12.5 Å². The van der Waals surface area contributed by atoms with Gasteiger partial charge in [-0.15, -0.1) is 11.3 Å². The Balaban J connectivity index is 1.38. The van der Waals surface area contributed by atoms with Crippen LogP contribution in [0.25, 0.3) is 20.5 Å². The minimum atomic E-state index is 0.765. The SMILES string of the molecule is Cc1ccc(Cc2c(-c3ccc(OCCN4CCCC4)cc3)sc3ccccc23)cc1. The van der Waals surface area contributed by atoms with Gasteiger partial charge < -0.3 is 4.74 Å². The lowest BCUT2D eigenvalue weighted by molar-refractivity contribution is 0.238. The van der Waals surface area contributed by atoms with E-state index in [2.05, 4.69) is 84.6 Å². The quantitative estimate of drug-likeness (QED) is 0.317. The third-order valence-electron chi connectivity index (χ3n) is 6.19. The molecule has 158 valence electrons. The maximum atomic E-state index is 6.02. The molecule has 0 aliphatic carbocycles. The summed E-state index contributed by atoms with van der Waals surface area (Å²) < 4.78 is 7.37. The molecule has 2 heterocycles. The zero-order valence-electron chi connectivity index (χ0n) is 18.1. The highest BCUT2D eigenvalue weighted by atomic mass is 32.1. The van der Waals surface area contributed by atoms with Crippen LogP contribution in [0.15, 0.2) is 72.8 Å². The van der Waals surface area contributed by atoms with Gasteiger partial charge in [0.2, 0.25) is 0 Å². The molecule has 0 N–H and O–H groups in total. The summed E-state index contributed by atoms with van der Waals surface area (Å²) in [5, 5.41) is 1.37. The Morgan fingerprint density at radius 2 is 1.61 bits per heavy atom. The van der Waals surface area contributed by atoms with Crippen molar-refractivity contribution in [3.63, 3.8) is 0 Å². The first-order valence-electron chi connectivity index (χ1n) is 11.3. The Bertz CT molecular complexity index is 1140. The Labute approximate surface area is 189 Å². The normalized spacial score (nSPS) is 14.4. The maximum Gasteiger partial charge on any atom is 0.119 e. The number of fused-ring (bicyclic) bond motifs is 1. The number of aryl methyl sites for hydroxylation is 1. The fourth-order valence-electron chi connectivity index (χ4n) is 4.42. The first-order chi connectivity index (χ1) is 15.3. The van der Waals surface area contributed by atoms with E-state index in [9.17, 15) is 0 Å². The molecule has 31 heavy (non-hydrogen) atoms. The van der Waals surface area contributed by atoms with E-state index in [1.165, 1.54) is 63.1 Å². The van der Waals surface area contributed by atoms with Gasteiger partial charge in [-0.05, 0) is 91.7 Å². The number of nitrogens with zero attached hydrogens (tertiary/aromatic N) is 1. The molecular weight excluding hydrogens is 398 g/mol. The number of ether oxygens (including phenoxy) is 1. The van der Waals surface area contributed by atoms with Gasteiger partial charge in [0.1, 0.15) is 12.4 Å². The van der Waals surface area contributed by atoms with Gasteiger partial charge in [0.05, 0.1) is 0 Å². The fourth-order valence-corrected chi connectivity index (χ4v) is 5.65. The molecule has 0 amide bonds. The van der Waals surface area contributed by atoms with E-state index in [1.807, 2.05) is 11.3 Å². The number of likely N-dealkylation sites (tertiary alicyclic amines) is 1. The number of thiophene rings is 1. The van der Waals surface area contributed by atoms with Crippen molar-refractivity contribution in [2.75, 3.05) is 26.2 Å². The summed E-state index contributed by atoms with van der Waals surface area (Å²) in [6.07, 6.45) is 3.61. The summed E-state index contributed by atoms with van der Waals surface area (Å²) in [4.78, 5) is 3.86. The molecule has 0 atom stereocenters. The van der Waals surface area contributed by atoms with Crippen LogP contribution in [0.2, 0.25) is 0 Å². The molecule has 3 heteroatoms. The molecule has 0 saturated carbocycles. The predicted molar refractivity (Wildman–Crippen MR) is 132 cm³/mol. The first kappa shape index (κ1) is 20.3. The lowest BCUT2D eigenvalue weighted by atomic mass is 9.98. The van der Waals surface area contributed by atoms with E-state index in [4.69, 9.17) is 4.74 Å². The van der Waals surface area contributed by atoms with Crippen LogP contribution in [-0.4, -0.2) is 31.1 Å². The summed E-state index contributed by atoms with van der Waals surface area (Å²) in [6, 6.07) is 26.4. The molecule has 1 aliphatic rings. The fraction of sp³-hybridized carbons (Fsp3) is 0.286. The van der Waals surface area contributed by atoms with Crippen LogP contribution >= 0.6 is 11.3 Å². The summed E-state index contributed by atoms with van der Waals surface area (Å²) in [6.45, 7) is 6.37. The van der Waals surface area contributed by atoms with Crippen molar-refractivity contribution in [1.29, 1.82) is 0 Å². The van der Waals surface area contributed by atoms with Gasteiger partial charge in [0, 0.05) is 16.1 Å². The van der Waals surface area contributed by atoms with Gasteiger partial charge >= 0.3 is 0 Å². The standard InChI is InChI=1S/C28H29NOS/c1-21-8-10-22(11-9-21)20-26-25-6-2-3-7-27(25)31-28(26)23-12-14-24(15-13-23)30-19-18-29-16-4-5-17-29/h2-3,6-15H,4-5,16-20H2,1H3. The molecule has 2 nitrogen and oxygen atoms in total. The van der Waals surface area contributed by atoms with Crippen LogP contribution in [0, 0.1) is 6.92 Å². The van der Waals surface area contributed by atoms with E-state index in [0.29, 0.717) is 0 Å². The van der Waals surface area contributed by atoms with Gasteiger partial charge in [-0.25, -0.2) is 0 Å². The van der Waals surface area contributed by atoms with Crippen molar-refractivity contribution >= 4 is 21.4 Å². The molecule has 0 bridgehead atoms. The average Bonchev–Trinajstić information content (AvgIpc) is 3.44. The number of rotatable bonds is 7. The monoisotopic (exact) mass is 427 g/mol. The van der Waals surface area contributed by atoms with Crippen molar-refractivity contribution in [3.05, 3.63) is 89.5 Å². The molecule has 4 aromatic rings. The van der Waals surface area contributed by atoms with Gasteiger partial charge in [-0.1, -0.05) is 48.0 Å². The van der Waals surface area contributed by atoms with E-state index in [-0.39, 0.29) is 0 Å². The van der Waals surface area contributed by atoms with E-state index in [1.54, 1.807) is 0 Å². The smallest absolute Gasteiger partial charge is 0.119 e. The molecule has 5 rings (SSSR count). The minimum absolute atomic E-state index is 0.765. The number of hydrogen-bond acceptors (Lipinski definition) is 3. The lowest BCUT2D eigenvalue weighted by Gasteiger charge is -2.15. The summed E-state index contributed by atoms with van der Waals surface area (Å²) >= 11 is 1.89. The molecule has 1 saturated heterocycles. The largest absolute Gasteiger partial charge is 0.492 e. The van der Waals surface area contributed by atoms with Gasteiger partial charge in [0.25, 0.3) is 0 Å². The van der Waals surface area contributed by atoms with Crippen LogP contribution in [0.5, 0.6) is 5.75 Å². The van der Waals surface area contributed by atoms with Crippen LogP contribution in [0.1, 0.15) is 29.5 Å². The van der Waals surface area contributed by atoms with Crippen molar-refractivity contribution in [1.82, 2.24) is 4.90 Å². The summed E-state index contributed by atoms with van der Waals surface area (Å²) in [5.74, 6) is 0.962. The molecule has 1 aromatic heterocycles. The third kappa shape index (κ3) is 4.68. The highest BCUT2D eigenvalue weighted by Gasteiger charge is 2.15. The van der Waals surface area contributed by atoms with Gasteiger partial charge in [-0.2, -0.15) is 0 Å². The van der Waals surface area contributed by atoms with Crippen molar-refractivity contribution in [2.24, 2.45) is 0 Å². The van der Waals surface area contributed by atoms with E-state index in [0.717, 1.165) is 25.3 Å². The lowest BCUT2D eigenvalue weighted by Crippen LogP contribution is -2.25. The molecule has 0 spiro atoms. The second-order valence-corrected chi connectivity index (χ2v) is 9.54. The molecule has 3 aromatic carbocycles. The first-order valence-corrected chi connectivity index (χ1v) is 12.1. The van der Waals surface area contributed by atoms with Crippen LogP contribution in [-0.2, 0) is 6.42 Å². The highest BCUT2D eigenvalue weighted by molar-refractivity contribution is 7.22. The van der Waals surface area contributed by atoms with Crippen LogP contribution < -0.4 is 4.74 Å². The second-order valence-electron chi connectivity index (χ2n) is 8.49. The molecule has 1 fully saturated rings.